The van der Waals surface area contributed by atoms with E-state index in [1.807, 2.05) is 49.4 Å². The van der Waals surface area contributed by atoms with E-state index in [0.717, 1.165) is 22.8 Å². The number of nitrogens with one attached hydrogen (secondary N) is 1. The van der Waals surface area contributed by atoms with Crippen LogP contribution in [0, 0.1) is 0 Å². The van der Waals surface area contributed by atoms with Gasteiger partial charge in [-0.15, -0.1) is 0 Å². The highest BCUT2D eigenvalue weighted by Gasteiger charge is 2.22. The van der Waals surface area contributed by atoms with Crippen LogP contribution >= 0.6 is 0 Å². The van der Waals surface area contributed by atoms with Crippen molar-refractivity contribution in [2.75, 3.05) is 30.9 Å². The number of H-pyrrole nitrogens is 1. The maximum Gasteiger partial charge on any atom is 0.330 e. The molecule has 0 aliphatic carbocycles. The number of hydrogen-bond acceptors (Lipinski definition) is 5. The van der Waals surface area contributed by atoms with Crippen molar-refractivity contribution in [1.29, 1.82) is 0 Å². The zero-order valence-electron chi connectivity index (χ0n) is 18.3. The molecule has 168 valence electrons. The van der Waals surface area contributed by atoms with Gasteiger partial charge in [0.15, 0.2) is 5.69 Å². The Balaban J connectivity index is 2.01. The van der Waals surface area contributed by atoms with E-state index < -0.39 is 17.2 Å². The molecule has 0 bridgehead atoms. The van der Waals surface area contributed by atoms with Crippen LogP contribution in [0.2, 0.25) is 0 Å². The van der Waals surface area contributed by atoms with Crippen LogP contribution in [-0.4, -0.2) is 35.7 Å². The molecule has 0 fully saturated rings. The monoisotopic (exact) mass is 436 g/mol. The predicted molar refractivity (Wildman–Crippen MR) is 128 cm³/mol. The van der Waals surface area contributed by atoms with Gasteiger partial charge in [-0.25, -0.2) is 4.79 Å². The summed E-state index contributed by atoms with van der Waals surface area (Å²) in [6.07, 6.45) is 4.67. The van der Waals surface area contributed by atoms with Gasteiger partial charge in [-0.3, -0.25) is 24.0 Å². The second kappa shape index (κ2) is 10.6. The summed E-state index contributed by atoms with van der Waals surface area (Å²) in [7, 11) is 1.50. The zero-order valence-corrected chi connectivity index (χ0v) is 18.3. The highest BCUT2D eigenvalue weighted by Crippen LogP contribution is 2.21. The summed E-state index contributed by atoms with van der Waals surface area (Å²) in [5.41, 5.74) is 5.73. The molecule has 0 saturated carbocycles. The summed E-state index contributed by atoms with van der Waals surface area (Å²) in [5, 5.41) is 2.06. The van der Waals surface area contributed by atoms with Gasteiger partial charge in [-0.05, 0) is 28.8 Å². The number of rotatable bonds is 9. The van der Waals surface area contributed by atoms with Crippen LogP contribution < -0.4 is 21.9 Å². The van der Waals surface area contributed by atoms with E-state index in [-0.39, 0.29) is 24.7 Å². The third-order valence-corrected chi connectivity index (χ3v) is 5.23. The molecule has 0 atom stereocenters. The molecule has 0 spiro atoms. The smallest absolute Gasteiger partial charge is 0.330 e. The molecule has 2 aromatic carbocycles. The molecular weight excluding hydrogens is 408 g/mol. The van der Waals surface area contributed by atoms with Crippen molar-refractivity contribution in [2.45, 2.75) is 26.3 Å². The Kier molecular flexibility index (Phi) is 7.62. The predicted octanol–water partition coefficient (Wildman–Crippen LogP) is 2.76. The van der Waals surface area contributed by atoms with E-state index in [2.05, 4.69) is 4.98 Å². The van der Waals surface area contributed by atoms with Gasteiger partial charge < -0.3 is 10.5 Å². The average molecular weight is 437 g/mol. The summed E-state index contributed by atoms with van der Waals surface area (Å²) in [6.45, 7) is 2.64. The maximum absolute atomic E-state index is 13.2. The van der Waals surface area contributed by atoms with E-state index >= 15 is 0 Å². The van der Waals surface area contributed by atoms with Crippen molar-refractivity contribution in [3.63, 3.8) is 0 Å². The van der Waals surface area contributed by atoms with E-state index in [1.165, 1.54) is 22.7 Å². The number of anilines is 2. The number of methoxy groups -OCH3 is 1. The number of benzene rings is 2. The van der Waals surface area contributed by atoms with Gasteiger partial charge in [-0.2, -0.15) is 0 Å². The van der Waals surface area contributed by atoms with Crippen molar-refractivity contribution in [1.82, 2.24) is 9.55 Å². The minimum absolute atomic E-state index is 0.0322. The Hall–Kier alpha value is -3.65. The van der Waals surface area contributed by atoms with Crippen molar-refractivity contribution in [3.8, 4) is 0 Å². The van der Waals surface area contributed by atoms with Crippen LogP contribution in [0.5, 0.6) is 0 Å². The number of nitrogen functional groups attached to an aromatic ring is 1. The van der Waals surface area contributed by atoms with Gasteiger partial charge in [0.05, 0.1) is 6.61 Å². The van der Waals surface area contributed by atoms with Crippen molar-refractivity contribution >= 4 is 34.3 Å². The fraction of sp³-hybridized carbons (Fsp3) is 0.292. The lowest BCUT2D eigenvalue weighted by Gasteiger charge is -2.23. The quantitative estimate of drug-likeness (QED) is 0.501. The number of fused-ring (bicyclic) bond motifs is 1. The number of carbonyl (C=O) groups is 1. The first-order valence-electron chi connectivity index (χ1n) is 10.6. The Morgan fingerprint density at radius 3 is 2.69 bits per heavy atom. The molecule has 1 aromatic heterocycles. The Bertz CT molecular complexity index is 1240. The summed E-state index contributed by atoms with van der Waals surface area (Å²) in [4.78, 5) is 41.6. The first-order chi connectivity index (χ1) is 15.5. The van der Waals surface area contributed by atoms with Crippen LogP contribution in [0.15, 0.2) is 58.1 Å². The second-order valence-electron chi connectivity index (χ2n) is 7.38. The number of carbonyl (C=O) groups excluding carboxylic acids is 1. The minimum atomic E-state index is -0.705. The summed E-state index contributed by atoms with van der Waals surface area (Å²) >= 11 is 0. The van der Waals surface area contributed by atoms with Crippen molar-refractivity contribution in [2.24, 2.45) is 0 Å². The van der Waals surface area contributed by atoms with Gasteiger partial charge in [-0.1, -0.05) is 55.8 Å². The molecule has 1 amide bonds. The molecule has 8 nitrogen and oxygen atoms in total. The number of hydrogen-bond donors (Lipinski definition) is 2. The lowest BCUT2D eigenvalue weighted by molar-refractivity contribution is -0.114. The molecule has 0 aliphatic rings. The Morgan fingerprint density at radius 2 is 1.94 bits per heavy atom. The van der Waals surface area contributed by atoms with E-state index in [4.69, 9.17) is 10.5 Å². The lowest BCUT2D eigenvalue weighted by atomic mass is 10.0. The molecule has 8 heteroatoms. The number of ether oxygens (including phenoxy) is 1. The van der Waals surface area contributed by atoms with Crippen LogP contribution in [-0.2, 0) is 16.1 Å². The largest absolute Gasteiger partial charge is 0.383 e. The van der Waals surface area contributed by atoms with Crippen LogP contribution in [0.3, 0.4) is 0 Å². The van der Waals surface area contributed by atoms with Crippen LogP contribution in [0.4, 0.5) is 11.5 Å². The van der Waals surface area contributed by atoms with Gasteiger partial charge in [0, 0.05) is 26.3 Å². The maximum atomic E-state index is 13.2. The summed E-state index contributed by atoms with van der Waals surface area (Å²) in [6, 6.07) is 13.7. The molecule has 0 radical (unpaired) electrons. The van der Waals surface area contributed by atoms with Crippen molar-refractivity contribution in [3.05, 3.63) is 74.9 Å². The van der Waals surface area contributed by atoms with E-state index in [0.29, 0.717) is 13.0 Å². The molecule has 0 aliphatic heterocycles. The summed E-state index contributed by atoms with van der Waals surface area (Å²) < 4.78 is 6.42. The van der Waals surface area contributed by atoms with Gasteiger partial charge >= 0.3 is 5.69 Å². The molecule has 32 heavy (non-hydrogen) atoms. The Labute approximate surface area is 185 Å². The molecule has 1 heterocycles. The third kappa shape index (κ3) is 4.97. The number of unbranched alkanes of at least 4 members (excludes halogenated alkanes) is 1. The number of aromatic amines is 1. The van der Waals surface area contributed by atoms with E-state index in [1.54, 1.807) is 6.08 Å². The fourth-order valence-electron chi connectivity index (χ4n) is 3.54. The first-order valence-corrected chi connectivity index (χ1v) is 10.6. The van der Waals surface area contributed by atoms with Crippen LogP contribution in [0.1, 0.15) is 25.3 Å². The van der Waals surface area contributed by atoms with E-state index in [9.17, 15) is 14.4 Å². The number of nitrogens with two attached hydrogens (primary N) is 1. The number of nitrogens with zero attached hydrogens (tertiary/aromatic N) is 2. The van der Waals surface area contributed by atoms with Gasteiger partial charge in [0.2, 0.25) is 0 Å². The summed E-state index contributed by atoms with van der Waals surface area (Å²) in [5.74, 6) is -0.469. The molecule has 0 saturated heterocycles. The fourth-order valence-corrected chi connectivity index (χ4v) is 3.54. The average Bonchev–Trinajstić information content (AvgIpc) is 2.79. The standard InChI is InChI=1S/C24H28N4O4/c1-3-4-14-28-22(25)21(23(30)26-24(28)31)27(15-16-32-2)20(29)13-12-18-10-7-9-17-8-5-6-11-19(17)18/h5-13H,3-4,14-16,25H2,1-2H3,(H,26,30,31)/b13-12+. The third-order valence-electron chi connectivity index (χ3n) is 5.23. The highest BCUT2D eigenvalue weighted by molar-refractivity contribution is 6.06. The molecule has 3 rings (SSSR count). The van der Waals surface area contributed by atoms with Gasteiger partial charge in [0.25, 0.3) is 11.5 Å². The second-order valence-corrected chi connectivity index (χ2v) is 7.38. The number of aromatic nitrogens is 2. The zero-order chi connectivity index (χ0) is 23.1. The first kappa shape index (κ1) is 23.0. The van der Waals surface area contributed by atoms with Crippen molar-refractivity contribution < 1.29 is 9.53 Å². The van der Waals surface area contributed by atoms with Crippen LogP contribution in [0.25, 0.3) is 16.8 Å². The molecular formula is C24H28N4O4. The topological polar surface area (TPSA) is 110 Å². The van der Waals surface area contributed by atoms with Gasteiger partial charge in [0.1, 0.15) is 5.82 Å². The number of amides is 1. The normalized spacial score (nSPS) is 11.3. The lowest BCUT2D eigenvalue weighted by Crippen LogP contribution is -2.42. The highest BCUT2D eigenvalue weighted by atomic mass is 16.5. The minimum Gasteiger partial charge on any atom is -0.383 e. The molecule has 0 unspecified atom stereocenters. The SMILES string of the molecule is CCCCn1c(N)c(N(CCOC)C(=O)/C=C/c2cccc3ccccc23)c(=O)[nH]c1=O. The molecule has 3 aromatic rings. The Morgan fingerprint density at radius 1 is 1.19 bits per heavy atom. The molecule has 3 N–H and O–H groups in total.